The van der Waals surface area contributed by atoms with Crippen molar-refractivity contribution in [2.24, 2.45) is 0 Å². The van der Waals surface area contributed by atoms with Gasteiger partial charge in [-0.15, -0.1) is 0 Å². The Labute approximate surface area is 203 Å². The summed E-state index contributed by atoms with van der Waals surface area (Å²) in [5.74, 6) is 0.288. The highest BCUT2D eigenvalue weighted by Gasteiger charge is 2.16. The number of anilines is 1. The number of hydrogen-bond donors (Lipinski definition) is 3. The summed E-state index contributed by atoms with van der Waals surface area (Å²) in [5.41, 5.74) is 3.48. The highest BCUT2D eigenvalue weighted by Crippen LogP contribution is 2.16. The van der Waals surface area contributed by atoms with Crippen LogP contribution in [0.4, 0.5) is 5.69 Å². The van der Waals surface area contributed by atoms with Crippen molar-refractivity contribution in [3.8, 4) is 0 Å². The molecule has 4 rings (SSSR count). The number of hydrogen-bond acceptors (Lipinski definition) is 5. The smallest absolute Gasteiger partial charge is 0.253 e. The summed E-state index contributed by atoms with van der Waals surface area (Å²) in [7, 11) is -2.03. The zero-order chi connectivity index (χ0) is 25.0. The molecular formula is C25H25N5O4S. The van der Waals surface area contributed by atoms with Gasteiger partial charge in [-0.2, -0.15) is 0 Å². The number of nitrogens with zero attached hydrogens (tertiary/aromatic N) is 2. The molecule has 4 aromatic rings. The number of benzene rings is 3. The molecule has 0 atom stereocenters. The maximum atomic E-state index is 12.8. The minimum atomic E-state index is -3.74. The fourth-order valence-electron chi connectivity index (χ4n) is 3.54. The topological polar surface area (TPSA) is 124 Å². The van der Waals surface area contributed by atoms with Crippen LogP contribution in [0.15, 0.2) is 77.7 Å². The SMILES string of the molecule is CC(=O)Nc1ccc(S(=O)(=O)NCc2ccc(C(=O)N(C)Cc3nc4ccccc4[nH]3)cc2)cc1. The van der Waals surface area contributed by atoms with Crippen LogP contribution in [0, 0.1) is 0 Å². The molecule has 10 heteroatoms. The van der Waals surface area contributed by atoms with E-state index < -0.39 is 10.0 Å². The van der Waals surface area contributed by atoms with E-state index in [1.54, 1.807) is 36.2 Å². The van der Waals surface area contributed by atoms with E-state index in [0.717, 1.165) is 11.0 Å². The lowest BCUT2D eigenvalue weighted by Gasteiger charge is -2.16. The lowest BCUT2D eigenvalue weighted by atomic mass is 10.1. The highest BCUT2D eigenvalue weighted by molar-refractivity contribution is 7.89. The average molecular weight is 492 g/mol. The van der Waals surface area contributed by atoms with E-state index in [0.29, 0.717) is 29.2 Å². The fraction of sp³-hybridized carbons (Fsp3) is 0.160. The molecule has 0 spiro atoms. The Morgan fingerprint density at radius 2 is 1.66 bits per heavy atom. The lowest BCUT2D eigenvalue weighted by molar-refractivity contribution is -0.114. The molecule has 3 aromatic carbocycles. The molecule has 3 N–H and O–H groups in total. The molecular weight excluding hydrogens is 466 g/mol. The summed E-state index contributed by atoms with van der Waals surface area (Å²) < 4.78 is 27.7. The monoisotopic (exact) mass is 491 g/mol. The van der Waals surface area contributed by atoms with Gasteiger partial charge in [0, 0.05) is 31.8 Å². The van der Waals surface area contributed by atoms with Crippen LogP contribution in [0.25, 0.3) is 11.0 Å². The number of sulfonamides is 1. The zero-order valence-electron chi connectivity index (χ0n) is 19.3. The lowest BCUT2D eigenvalue weighted by Crippen LogP contribution is -2.27. The van der Waals surface area contributed by atoms with Crippen molar-refractivity contribution in [2.75, 3.05) is 12.4 Å². The van der Waals surface area contributed by atoms with Crippen LogP contribution in [0.1, 0.15) is 28.7 Å². The van der Waals surface area contributed by atoms with E-state index in [9.17, 15) is 18.0 Å². The second-order valence-electron chi connectivity index (χ2n) is 8.09. The van der Waals surface area contributed by atoms with E-state index in [-0.39, 0.29) is 23.3 Å². The number of para-hydroxylation sites is 2. The van der Waals surface area contributed by atoms with Gasteiger partial charge in [-0.1, -0.05) is 24.3 Å². The summed E-state index contributed by atoms with van der Waals surface area (Å²) >= 11 is 0. The van der Waals surface area contributed by atoms with Gasteiger partial charge in [-0.3, -0.25) is 9.59 Å². The molecule has 9 nitrogen and oxygen atoms in total. The van der Waals surface area contributed by atoms with E-state index in [2.05, 4.69) is 20.0 Å². The third-order valence-corrected chi connectivity index (χ3v) is 6.74. The summed E-state index contributed by atoms with van der Waals surface area (Å²) in [6, 6.07) is 20.3. The normalized spacial score (nSPS) is 11.4. The minimum absolute atomic E-state index is 0.0685. The first kappa shape index (κ1) is 24.1. The number of carbonyl (C=O) groups is 2. The van der Waals surface area contributed by atoms with Crippen LogP contribution >= 0.6 is 0 Å². The number of carbonyl (C=O) groups excluding carboxylic acids is 2. The number of aromatic nitrogens is 2. The first-order chi connectivity index (χ1) is 16.7. The molecule has 0 aliphatic heterocycles. The number of H-pyrrole nitrogens is 1. The van der Waals surface area contributed by atoms with Crippen molar-refractivity contribution in [1.82, 2.24) is 19.6 Å². The maximum Gasteiger partial charge on any atom is 0.253 e. The van der Waals surface area contributed by atoms with Gasteiger partial charge >= 0.3 is 0 Å². The van der Waals surface area contributed by atoms with Crippen LogP contribution in [0.2, 0.25) is 0 Å². The zero-order valence-corrected chi connectivity index (χ0v) is 20.1. The predicted octanol–water partition coefficient (Wildman–Crippen LogP) is 3.27. The van der Waals surface area contributed by atoms with Gasteiger partial charge in [0.2, 0.25) is 15.9 Å². The van der Waals surface area contributed by atoms with Crippen molar-refractivity contribution in [3.05, 3.63) is 89.7 Å². The van der Waals surface area contributed by atoms with Crippen molar-refractivity contribution < 1.29 is 18.0 Å². The standard InChI is InChI=1S/C25H25N5O4S/c1-17(31)27-20-11-13-21(14-12-20)35(33,34)26-15-18-7-9-19(10-8-18)25(32)30(2)16-24-28-22-5-3-4-6-23(22)29-24/h3-14,26H,15-16H2,1-2H3,(H,27,31)(H,28,29). The fourth-order valence-corrected chi connectivity index (χ4v) is 4.56. The molecule has 1 heterocycles. The first-order valence-electron chi connectivity index (χ1n) is 10.9. The average Bonchev–Trinajstić information content (AvgIpc) is 3.25. The second-order valence-corrected chi connectivity index (χ2v) is 9.86. The Hall–Kier alpha value is -4.02. The van der Waals surface area contributed by atoms with Gasteiger partial charge in [0.15, 0.2) is 0 Å². The van der Waals surface area contributed by atoms with Crippen LogP contribution in [0.5, 0.6) is 0 Å². The van der Waals surface area contributed by atoms with E-state index >= 15 is 0 Å². The highest BCUT2D eigenvalue weighted by atomic mass is 32.2. The molecule has 0 aliphatic rings. The number of fused-ring (bicyclic) bond motifs is 1. The molecule has 2 amide bonds. The largest absolute Gasteiger partial charge is 0.340 e. The maximum absolute atomic E-state index is 12.8. The van der Waals surface area contributed by atoms with Crippen LogP contribution in [0.3, 0.4) is 0 Å². The minimum Gasteiger partial charge on any atom is -0.340 e. The van der Waals surface area contributed by atoms with Crippen LogP contribution in [-0.2, 0) is 27.9 Å². The van der Waals surface area contributed by atoms with Crippen molar-refractivity contribution in [3.63, 3.8) is 0 Å². The molecule has 180 valence electrons. The molecule has 0 saturated heterocycles. The van der Waals surface area contributed by atoms with Crippen molar-refractivity contribution in [2.45, 2.75) is 24.9 Å². The molecule has 1 aromatic heterocycles. The second kappa shape index (κ2) is 10.1. The number of nitrogens with one attached hydrogen (secondary N) is 3. The molecule has 0 bridgehead atoms. The molecule has 0 aliphatic carbocycles. The molecule has 0 saturated carbocycles. The summed E-state index contributed by atoms with van der Waals surface area (Å²) in [6.45, 7) is 1.78. The number of aromatic amines is 1. The van der Waals surface area contributed by atoms with Gasteiger partial charge in [0.05, 0.1) is 22.5 Å². The molecule has 0 fully saturated rings. The van der Waals surface area contributed by atoms with Crippen LogP contribution < -0.4 is 10.0 Å². The van der Waals surface area contributed by atoms with Gasteiger partial charge in [-0.05, 0) is 54.1 Å². The number of amides is 2. The van der Waals surface area contributed by atoms with Gasteiger partial charge in [-0.25, -0.2) is 18.1 Å². The summed E-state index contributed by atoms with van der Waals surface area (Å²) in [6.07, 6.45) is 0. The van der Waals surface area contributed by atoms with E-state index in [1.165, 1.54) is 31.2 Å². The van der Waals surface area contributed by atoms with E-state index in [1.807, 2.05) is 24.3 Å². The summed E-state index contributed by atoms with van der Waals surface area (Å²) in [4.78, 5) is 33.3. The molecule has 35 heavy (non-hydrogen) atoms. The third kappa shape index (κ3) is 5.92. The van der Waals surface area contributed by atoms with Crippen molar-refractivity contribution >= 4 is 38.6 Å². The van der Waals surface area contributed by atoms with Crippen molar-refractivity contribution in [1.29, 1.82) is 0 Å². The van der Waals surface area contributed by atoms with Gasteiger partial charge in [0.25, 0.3) is 5.91 Å². The molecule has 0 radical (unpaired) electrons. The van der Waals surface area contributed by atoms with Gasteiger partial charge < -0.3 is 15.2 Å². The first-order valence-corrected chi connectivity index (χ1v) is 12.3. The Morgan fingerprint density at radius 3 is 2.31 bits per heavy atom. The van der Waals surface area contributed by atoms with Gasteiger partial charge in [0.1, 0.15) is 5.82 Å². The number of rotatable bonds is 8. The van der Waals surface area contributed by atoms with Crippen LogP contribution in [-0.4, -0.2) is 42.1 Å². The predicted molar refractivity (Wildman–Crippen MR) is 133 cm³/mol. The Morgan fingerprint density at radius 1 is 0.971 bits per heavy atom. The third-order valence-electron chi connectivity index (χ3n) is 5.32. The Bertz CT molecular complexity index is 1430. The van der Waals surface area contributed by atoms with E-state index in [4.69, 9.17) is 0 Å². The quantitative estimate of drug-likeness (QED) is 0.349. The molecule has 0 unspecified atom stereocenters. The number of imidazole rings is 1. The summed E-state index contributed by atoms with van der Waals surface area (Å²) in [5, 5.41) is 2.59. The Balaban J connectivity index is 1.35. The Kier molecular flexibility index (Phi) is 6.94.